The molecule has 4 atom stereocenters. The van der Waals surface area contributed by atoms with Gasteiger partial charge in [-0.15, -0.1) is 0 Å². The van der Waals surface area contributed by atoms with Gasteiger partial charge in [-0.05, 0) is 19.4 Å². The highest BCUT2D eigenvalue weighted by atomic mass is 35.5. The maximum Gasteiger partial charge on any atom is 0.315 e. The fourth-order valence-corrected chi connectivity index (χ4v) is 3.06. The number of carbonyl (C=O) groups is 1. The summed E-state index contributed by atoms with van der Waals surface area (Å²) in [5, 5.41) is 15.5. The number of methoxy groups -OCH3 is 1. The molecule has 0 aliphatic heterocycles. The Hall–Kier alpha value is -1.56. The number of carbonyl (C=O) groups excluding carboxylic acids is 1. The monoisotopic (exact) mass is 338 g/mol. The molecule has 5 nitrogen and oxygen atoms in total. The van der Waals surface area contributed by atoms with Crippen LogP contribution in [-0.2, 0) is 4.74 Å². The van der Waals surface area contributed by atoms with Crippen LogP contribution in [0.1, 0.15) is 25.0 Å². The van der Waals surface area contributed by atoms with Gasteiger partial charge in [0, 0.05) is 36.3 Å². The molecular weight excluding hydrogens is 316 g/mol. The maximum atomic E-state index is 12.1. The fraction of sp³-hybridized carbons (Fsp3) is 0.471. The molecule has 6 heteroatoms. The van der Waals surface area contributed by atoms with Gasteiger partial charge in [0.2, 0.25) is 0 Å². The molecule has 2 rings (SSSR count). The minimum Gasteiger partial charge on any atom is -0.396 e. The van der Waals surface area contributed by atoms with Crippen molar-refractivity contribution >= 4 is 17.6 Å². The molecule has 0 unspecified atom stereocenters. The molecule has 0 heterocycles. The molecule has 0 spiro atoms. The molecule has 0 fully saturated rings. The van der Waals surface area contributed by atoms with Crippen LogP contribution in [0.2, 0.25) is 5.02 Å². The zero-order valence-corrected chi connectivity index (χ0v) is 14.1. The van der Waals surface area contributed by atoms with Crippen LogP contribution in [0.5, 0.6) is 0 Å². The van der Waals surface area contributed by atoms with Gasteiger partial charge < -0.3 is 20.5 Å². The molecule has 1 aliphatic carbocycles. The molecule has 0 bridgehead atoms. The highest BCUT2D eigenvalue weighted by molar-refractivity contribution is 6.31. The number of urea groups is 1. The summed E-state index contributed by atoms with van der Waals surface area (Å²) in [5.41, 5.74) is 0.838. The molecule has 0 radical (unpaired) electrons. The second-order valence-corrected chi connectivity index (χ2v) is 6.16. The van der Waals surface area contributed by atoms with Gasteiger partial charge in [-0.3, -0.25) is 0 Å². The Morgan fingerprint density at radius 1 is 1.43 bits per heavy atom. The average Bonchev–Trinajstić information content (AvgIpc) is 2.97. The highest BCUT2D eigenvalue weighted by Crippen LogP contribution is 2.27. The van der Waals surface area contributed by atoms with E-state index < -0.39 is 0 Å². The summed E-state index contributed by atoms with van der Waals surface area (Å²) in [7, 11) is 1.59. The molecule has 0 saturated heterocycles. The summed E-state index contributed by atoms with van der Waals surface area (Å²) < 4.78 is 5.51. The van der Waals surface area contributed by atoms with Crippen LogP contribution in [0.3, 0.4) is 0 Å². The fourth-order valence-electron chi connectivity index (χ4n) is 2.82. The second-order valence-electron chi connectivity index (χ2n) is 5.75. The van der Waals surface area contributed by atoms with E-state index in [2.05, 4.69) is 10.6 Å². The summed E-state index contributed by atoms with van der Waals surface area (Å²) in [4.78, 5) is 12.1. The van der Waals surface area contributed by atoms with E-state index in [9.17, 15) is 4.79 Å². The van der Waals surface area contributed by atoms with Crippen molar-refractivity contribution in [2.45, 2.75) is 31.5 Å². The lowest BCUT2D eigenvalue weighted by molar-refractivity contribution is 0.0762. The molecule has 126 valence electrons. The predicted molar refractivity (Wildman–Crippen MR) is 90.5 cm³/mol. The van der Waals surface area contributed by atoms with Gasteiger partial charge in [-0.2, -0.15) is 0 Å². The van der Waals surface area contributed by atoms with Crippen molar-refractivity contribution in [1.82, 2.24) is 10.6 Å². The van der Waals surface area contributed by atoms with Crippen LogP contribution in [-0.4, -0.2) is 36.9 Å². The van der Waals surface area contributed by atoms with Gasteiger partial charge in [-0.25, -0.2) is 4.79 Å². The van der Waals surface area contributed by atoms with E-state index in [1.807, 2.05) is 37.3 Å². The minimum atomic E-state index is -0.334. The topological polar surface area (TPSA) is 70.6 Å². The van der Waals surface area contributed by atoms with Crippen molar-refractivity contribution in [3.8, 4) is 0 Å². The van der Waals surface area contributed by atoms with Crippen LogP contribution in [0.25, 0.3) is 0 Å². The predicted octanol–water partition coefficient (Wildman–Crippen LogP) is 2.65. The molecular formula is C17H23ClN2O3. The summed E-state index contributed by atoms with van der Waals surface area (Å²) in [6.45, 7) is 1.98. The van der Waals surface area contributed by atoms with E-state index in [1.54, 1.807) is 13.2 Å². The standard InChI is InChI=1S/C17H23ClN2O3/c1-11(16(23-2)14-5-3-4-6-15(14)18)19-17(22)20-13-8-7-12(9-13)10-21/h3-8,11-13,16,21H,9-10H2,1-2H3,(H2,19,20,22)/t11-,12-,13+,16+/m0/s1. The highest BCUT2D eigenvalue weighted by Gasteiger charge is 2.24. The lowest BCUT2D eigenvalue weighted by atomic mass is 10.0. The molecule has 1 aromatic rings. The number of aliphatic hydroxyl groups is 1. The van der Waals surface area contributed by atoms with Crippen LogP contribution in [0.4, 0.5) is 4.79 Å². The molecule has 0 saturated carbocycles. The van der Waals surface area contributed by atoms with E-state index in [4.69, 9.17) is 21.4 Å². The first-order valence-electron chi connectivity index (χ1n) is 7.68. The number of hydrogen-bond donors (Lipinski definition) is 3. The number of hydrogen-bond acceptors (Lipinski definition) is 3. The molecule has 23 heavy (non-hydrogen) atoms. The molecule has 1 aromatic carbocycles. The number of amides is 2. The molecule has 1 aliphatic rings. The molecule has 2 amide bonds. The number of halogens is 1. The first-order chi connectivity index (χ1) is 11.0. The quantitative estimate of drug-likeness (QED) is 0.698. The lowest BCUT2D eigenvalue weighted by Crippen LogP contribution is -2.46. The molecule has 3 N–H and O–H groups in total. The van der Waals surface area contributed by atoms with Crippen molar-refractivity contribution < 1.29 is 14.6 Å². The van der Waals surface area contributed by atoms with E-state index in [0.29, 0.717) is 5.02 Å². The van der Waals surface area contributed by atoms with E-state index in [-0.39, 0.29) is 36.7 Å². The summed E-state index contributed by atoms with van der Waals surface area (Å²) in [6, 6.07) is 6.86. The number of rotatable bonds is 6. The first-order valence-corrected chi connectivity index (χ1v) is 8.06. The number of nitrogens with one attached hydrogen (secondary N) is 2. The van der Waals surface area contributed by atoms with Crippen LogP contribution >= 0.6 is 11.6 Å². The van der Waals surface area contributed by atoms with Gasteiger partial charge in [-0.1, -0.05) is 42.0 Å². The maximum absolute atomic E-state index is 12.1. The van der Waals surface area contributed by atoms with Gasteiger partial charge in [0.1, 0.15) is 6.10 Å². The second kappa shape index (κ2) is 8.34. The third kappa shape index (κ3) is 4.70. The summed E-state index contributed by atoms with van der Waals surface area (Å²) >= 11 is 6.21. The first kappa shape index (κ1) is 17.8. The Morgan fingerprint density at radius 2 is 2.17 bits per heavy atom. The van der Waals surface area contributed by atoms with Gasteiger partial charge in [0.15, 0.2) is 0 Å². The Balaban J connectivity index is 1.92. The third-order valence-corrected chi connectivity index (χ3v) is 4.35. The van der Waals surface area contributed by atoms with E-state index in [0.717, 1.165) is 12.0 Å². The van der Waals surface area contributed by atoms with Crippen molar-refractivity contribution in [3.63, 3.8) is 0 Å². The minimum absolute atomic E-state index is 0.0549. The summed E-state index contributed by atoms with van der Waals surface area (Å²) in [5.74, 6) is 0.118. The van der Waals surface area contributed by atoms with Crippen LogP contribution in [0.15, 0.2) is 36.4 Å². The zero-order chi connectivity index (χ0) is 16.8. The molecule has 0 aromatic heterocycles. The lowest BCUT2D eigenvalue weighted by Gasteiger charge is -2.25. The number of ether oxygens (including phenoxy) is 1. The largest absolute Gasteiger partial charge is 0.396 e. The Morgan fingerprint density at radius 3 is 2.78 bits per heavy atom. The average molecular weight is 339 g/mol. The van der Waals surface area contributed by atoms with E-state index >= 15 is 0 Å². The Kier molecular flexibility index (Phi) is 6.45. The SMILES string of the molecule is CO[C@@H](c1ccccc1Cl)[C@H](C)NC(=O)N[C@@H]1C=C[C@H](CO)C1. The van der Waals surface area contributed by atoms with Gasteiger partial charge >= 0.3 is 6.03 Å². The van der Waals surface area contributed by atoms with Gasteiger partial charge in [0.05, 0.1) is 6.04 Å². The third-order valence-electron chi connectivity index (χ3n) is 4.00. The van der Waals surface area contributed by atoms with Crippen LogP contribution < -0.4 is 10.6 Å². The smallest absolute Gasteiger partial charge is 0.315 e. The summed E-state index contributed by atoms with van der Waals surface area (Å²) in [6.07, 6.45) is 4.22. The van der Waals surface area contributed by atoms with E-state index in [1.165, 1.54) is 0 Å². The Bertz CT molecular complexity index is 565. The normalized spacial score (nSPS) is 22.6. The van der Waals surface area contributed by atoms with Crippen molar-refractivity contribution in [2.24, 2.45) is 5.92 Å². The van der Waals surface area contributed by atoms with Gasteiger partial charge in [0.25, 0.3) is 0 Å². The van der Waals surface area contributed by atoms with Crippen molar-refractivity contribution in [2.75, 3.05) is 13.7 Å². The number of aliphatic hydroxyl groups excluding tert-OH is 1. The number of benzene rings is 1. The van der Waals surface area contributed by atoms with Crippen molar-refractivity contribution in [1.29, 1.82) is 0 Å². The van der Waals surface area contributed by atoms with Crippen molar-refractivity contribution in [3.05, 3.63) is 47.0 Å². The zero-order valence-electron chi connectivity index (χ0n) is 13.3. The van der Waals surface area contributed by atoms with Crippen LogP contribution in [0, 0.1) is 5.92 Å². The Labute approximate surface area is 141 Å².